The van der Waals surface area contributed by atoms with E-state index in [0.29, 0.717) is 27.7 Å². The fourth-order valence-corrected chi connectivity index (χ4v) is 6.37. The molecule has 31 heavy (non-hydrogen) atoms. The van der Waals surface area contributed by atoms with Gasteiger partial charge >= 0.3 is 29.6 Å². The number of β-lactam (4-membered cyclic amide) rings is 1. The molecule has 0 spiro atoms. The van der Waals surface area contributed by atoms with Crippen LogP contribution in [0.5, 0.6) is 0 Å². The Bertz CT molecular complexity index is 1080. The number of carbonyl (C=O) groups is 3. The number of hydrogen-bond donors (Lipinski definition) is 2. The van der Waals surface area contributed by atoms with Crippen LogP contribution >= 0.6 is 34.9 Å². The standard InChI is InChI=1S/C16H13N5O5S4.Na/c22-13(12(30-26)7-1-2-27-4-7)18-10-14(23)21-11(16(24)25)8(6-29-15(10)21)5-28-9-3-17-20-19-9;/h1-4,10,15H,5-6H2,(H,18,22)(H,24,25)(H,17,19,20);/q;+1/p-1/t10?,15-;/m1./s1. The molecule has 1 saturated heterocycles. The van der Waals surface area contributed by atoms with Crippen LogP contribution < -0.4 is 40.0 Å². The second-order valence-electron chi connectivity index (χ2n) is 6.13. The Balaban J connectivity index is 0.00000272. The summed E-state index contributed by atoms with van der Waals surface area (Å²) in [6.07, 6.45) is 1.51. The molecule has 1 fully saturated rings. The Labute approximate surface area is 214 Å². The number of aromatic nitrogens is 3. The molecule has 156 valence electrons. The second-order valence-corrected chi connectivity index (χ2v) is 9.61. The average Bonchev–Trinajstić information content (AvgIpc) is 3.44. The van der Waals surface area contributed by atoms with Gasteiger partial charge in [0.2, 0.25) is 0 Å². The van der Waals surface area contributed by atoms with Gasteiger partial charge in [0.1, 0.15) is 32.6 Å². The van der Waals surface area contributed by atoms with Crippen LogP contribution in [0.2, 0.25) is 0 Å². The van der Waals surface area contributed by atoms with E-state index in [1.165, 1.54) is 41.1 Å². The minimum atomic E-state index is -1.45. The molecular formula is C16H12N5NaO5S4. The van der Waals surface area contributed by atoms with Gasteiger partial charge < -0.3 is 15.2 Å². The predicted molar refractivity (Wildman–Crippen MR) is 111 cm³/mol. The number of thioether (sulfide) groups is 2. The molecule has 0 bridgehead atoms. The first kappa shape index (κ1) is 24.2. The summed E-state index contributed by atoms with van der Waals surface area (Å²) in [5.74, 6) is -1.98. The Kier molecular flexibility index (Phi) is 8.18. The maximum atomic E-state index is 12.7. The van der Waals surface area contributed by atoms with Crippen molar-refractivity contribution in [2.24, 2.45) is 0 Å². The molecule has 10 nitrogen and oxygen atoms in total. The van der Waals surface area contributed by atoms with E-state index in [9.17, 15) is 23.7 Å². The topological polar surface area (TPSA) is 148 Å². The molecule has 15 heteroatoms. The number of nitrogens with one attached hydrogen (secondary N) is 2. The Morgan fingerprint density at radius 3 is 2.84 bits per heavy atom. The van der Waals surface area contributed by atoms with Crippen molar-refractivity contribution in [3.63, 3.8) is 0 Å². The molecule has 2 aliphatic rings. The predicted octanol–water partition coefficient (Wildman–Crippen LogP) is -4.20. The van der Waals surface area contributed by atoms with Gasteiger partial charge in [-0.25, -0.2) is 4.21 Å². The van der Waals surface area contributed by atoms with E-state index >= 15 is 0 Å². The minimum Gasteiger partial charge on any atom is -0.543 e. The number of nitrogens with zero attached hydrogens (tertiary/aromatic N) is 3. The van der Waals surface area contributed by atoms with E-state index in [0.717, 1.165) is 4.90 Å². The number of aromatic amines is 1. The van der Waals surface area contributed by atoms with Gasteiger partial charge in [0.15, 0.2) is 0 Å². The van der Waals surface area contributed by atoms with Gasteiger partial charge in [-0.15, -0.1) is 28.6 Å². The van der Waals surface area contributed by atoms with Crippen molar-refractivity contribution in [1.82, 2.24) is 25.6 Å². The normalized spacial score (nSPS) is 19.7. The third kappa shape index (κ3) is 4.84. The van der Waals surface area contributed by atoms with Crippen LogP contribution in [0.25, 0.3) is 0 Å². The molecule has 2 atom stereocenters. The van der Waals surface area contributed by atoms with Gasteiger partial charge in [-0.05, 0) is 22.4 Å². The molecule has 4 heterocycles. The third-order valence-electron chi connectivity index (χ3n) is 4.39. The third-order valence-corrected chi connectivity index (χ3v) is 8.01. The molecule has 0 aromatic carbocycles. The average molecular weight is 506 g/mol. The number of carboxylic acid groups (broad SMARTS) is 1. The number of fused-ring (bicyclic) bond motifs is 1. The summed E-state index contributed by atoms with van der Waals surface area (Å²) in [5, 5.41) is 27.7. The van der Waals surface area contributed by atoms with E-state index in [2.05, 4.69) is 20.7 Å². The summed E-state index contributed by atoms with van der Waals surface area (Å²) in [6, 6.07) is 0.730. The van der Waals surface area contributed by atoms with Crippen molar-refractivity contribution < 1.29 is 53.3 Å². The molecule has 2 aromatic heterocycles. The van der Waals surface area contributed by atoms with Gasteiger partial charge in [-0.3, -0.25) is 19.6 Å². The maximum Gasteiger partial charge on any atom is 1.00 e. The summed E-state index contributed by atoms with van der Waals surface area (Å²) < 4.78 is 11.4. The summed E-state index contributed by atoms with van der Waals surface area (Å²) in [6.45, 7) is 0. The summed E-state index contributed by atoms with van der Waals surface area (Å²) >= 11 is 4.05. The fraction of sp³-hybridized carbons (Fsp3) is 0.250. The number of aliphatic carboxylic acids is 1. The van der Waals surface area contributed by atoms with E-state index < -0.39 is 29.2 Å². The van der Waals surface area contributed by atoms with Crippen molar-refractivity contribution in [3.05, 3.63) is 39.9 Å². The Morgan fingerprint density at radius 1 is 1.42 bits per heavy atom. The molecule has 0 radical (unpaired) electrons. The van der Waals surface area contributed by atoms with Gasteiger partial charge in [0.25, 0.3) is 11.8 Å². The zero-order valence-corrected chi connectivity index (χ0v) is 21.2. The first-order valence-electron chi connectivity index (χ1n) is 8.38. The van der Waals surface area contributed by atoms with Crippen LogP contribution in [-0.2, 0) is 25.6 Å². The van der Waals surface area contributed by atoms with Crippen LogP contribution in [0.1, 0.15) is 5.56 Å². The SMILES string of the molecule is O=S=C(C(=O)NC1C(=O)N2C(C(=O)[O-])=C(CSc3cnn[nH]3)CS[C@H]12)c1ccsc1.[Na+]. The number of amides is 2. The zero-order chi connectivity index (χ0) is 21.3. The van der Waals surface area contributed by atoms with Gasteiger partial charge in [0, 0.05) is 17.1 Å². The molecular weight excluding hydrogens is 493 g/mol. The molecule has 2 aromatic rings. The van der Waals surface area contributed by atoms with Crippen molar-refractivity contribution in [2.45, 2.75) is 16.4 Å². The second kappa shape index (κ2) is 10.5. The van der Waals surface area contributed by atoms with Crippen LogP contribution in [0, 0.1) is 0 Å². The van der Waals surface area contributed by atoms with Crippen LogP contribution in [-0.4, -0.2) is 70.1 Å². The van der Waals surface area contributed by atoms with Gasteiger partial charge in [0.05, 0.1) is 17.9 Å². The number of carboxylic acids is 1. The van der Waals surface area contributed by atoms with Crippen molar-refractivity contribution in [2.75, 3.05) is 11.5 Å². The number of rotatable bonds is 7. The van der Waals surface area contributed by atoms with E-state index in [-0.39, 0.29) is 51.4 Å². The first-order chi connectivity index (χ1) is 14.5. The number of H-pyrrole nitrogens is 1. The molecule has 2 aliphatic heterocycles. The van der Waals surface area contributed by atoms with Crippen LogP contribution in [0.4, 0.5) is 0 Å². The van der Waals surface area contributed by atoms with Crippen molar-refractivity contribution >= 4 is 68.8 Å². The van der Waals surface area contributed by atoms with E-state index in [1.54, 1.807) is 16.8 Å². The molecule has 0 saturated carbocycles. The minimum absolute atomic E-state index is 0. The van der Waals surface area contributed by atoms with Crippen molar-refractivity contribution in [3.8, 4) is 0 Å². The molecule has 2 amide bonds. The number of hydrogen-bond acceptors (Lipinski definition) is 10. The van der Waals surface area contributed by atoms with Gasteiger partial charge in [-0.1, -0.05) is 5.21 Å². The zero-order valence-electron chi connectivity index (χ0n) is 15.9. The Morgan fingerprint density at radius 2 is 2.23 bits per heavy atom. The molecule has 2 N–H and O–H groups in total. The number of carbonyl (C=O) groups excluding carboxylic acids is 3. The summed E-state index contributed by atoms with van der Waals surface area (Å²) in [7, 11) is 0. The van der Waals surface area contributed by atoms with Crippen LogP contribution in [0.15, 0.2) is 39.3 Å². The van der Waals surface area contributed by atoms with Crippen molar-refractivity contribution in [1.29, 1.82) is 0 Å². The Hall–Kier alpha value is -1.42. The quantitative estimate of drug-likeness (QED) is 0.126. The summed E-state index contributed by atoms with van der Waals surface area (Å²) in [5.41, 5.74) is 0.851. The number of thiophene rings is 1. The maximum absolute atomic E-state index is 12.7. The van der Waals surface area contributed by atoms with E-state index in [1.807, 2.05) is 0 Å². The van der Waals surface area contributed by atoms with E-state index in [4.69, 9.17) is 0 Å². The fourth-order valence-electron chi connectivity index (χ4n) is 3.02. The molecule has 0 aliphatic carbocycles. The first-order valence-corrected chi connectivity index (χ1v) is 12.1. The smallest absolute Gasteiger partial charge is 0.543 e. The van der Waals surface area contributed by atoms with Gasteiger partial charge in [-0.2, -0.15) is 11.3 Å². The summed E-state index contributed by atoms with van der Waals surface area (Å²) in [4.78, 5) is 38.0. The largest absolute Gasteiger partial charge is 1.00 e. The van der Waals surface area contributed by atoms with Crippen LogP contribution in [0.3, 0.4) is 0 Å². The molecule has 4 rings (SSSR count). The monoisotopic (exact) mass is 505 g/mol. The molecule has 1 unspecified atom stereocenters.